The van der Waals surface area contributed by atoms with Crippen molar-refractivity contribution in [3.63, 3.8) is 0 Å². The number of nitrogens with one attached hydrogen (secondary N) is 1. The van der Waals surface area contributed by atoms with E-state index in [1.54, 1.807) is 12.1 Å². The Morgan fingerprint density at radius 3 is 2.62 bits per heavy atom. The molecule has 2 unspecified atom stereocenters. The quantitative estimate of drug-likeness (QED) is 0.495. The first-order valence-electron chi connectivity index (χ1n) is 6.85. The summed E-state index contributed by atoms with van der Waals surface area (Å²) < 4.78 is 11.2. The van der Waals surface area contributed by atoms with Crippen molar-refractivity contribution in [2.24, 2.45) is 0 Å². The van der Waals surface area contributed by atoms with Gasteiger partial charge in [-0.15, -0.1) is 0 Å². The van der Waals surface area contributed by atoms with Crippen molar-refractivity contribution in [1.82, 2.24) is 4.98 Å². The highest BCUT2D eigenvalue weighted by Gasteiger charge is 2.48. The van der Waals surface area contributed by atoms with Crippen molar-refractivity contribution in [3.05, 3.63) is 27.8 Å². The number of aliphatic carboxylic acids is 1. The normalized spacial score (nSPS) is 30.5. The van der Waals surface area contributed by atoms with Gasteiger partial charge in [-0.1, -0.05) is 11.6 Å². The second-order valence-corrected chi connectivity index (χ2v) is 6.52. The molecular weight excluding hydrogens is 410 g/mol. The first-order chi connectivity index (χ1) is 11.3. The summed E-state index contributed by atoms with van der Waals surface area (Å²) in [6, 6.07) is 3.48. The van der Waals surface area contributed by atoms with Crippen LogP contribution in [0.15, 0.2) is 22.8 Å². The predicted molar refractivity (Wildman–Crippen MR) is 86.0 cm³/mol. The maximum Gasteiger partial charge on any atom is 0.335 e. The summed E-state index contributed by atoms with van der Waals surface area (Å²) in [6.07, 6.45) is -6.94. The average Bonchev–Trinajstić information content (AvgIpc) is 2.94. The Bertz CT molecular complexity index is 782. The van der Waals surface area contributed by atoms with Crippen LogP contribution in [0.25, 0.3) is 10.9 Å². The van der Waals surface area contributed by atoms with Gasteiger partial charge in [-0.2, -0.15) is 0 Å². The van der Waals surface area contributed by atoms with Crippen LogP contribution in [0.5, 0.6) is 5.75 Å². The van der Waals surface area contributed by atoms with E-state index in [0.717, 1.165) is 0 Å². The van der Waals surface area contributed by atoms with Gasteiger partial charge in [-0.3, -0.25) is 0 Å². The third-order valence-electron chi connectivity index (χ3n) is 3.76. The highest BCUT2D eigenvalue weighted by Crippen LogP contribution is 2.38. The highest BCUT2D eigenvalue weighted by atomic mass is 79.9. The molecule has 0 aliphatic carbocycles. The maximum absolute atomic E-state index is 11.1. The van der Waals surface area contributed by atoms with E-state index < -0.39 is 36.7 Å². The molecule has 1 fully saturated rings. The number of aliphatic hydroxyl groups is 3. The van der Waals surface area contributed by atoms with Gasteiger partial charge in [-0.05, 0) is 28.1 Å². The molecule has 1 aliphatic heterocycles. The standard InChI is InChI=1S/C14H13BrClNO7/c15-4-1-2-5-7(8(4)16)6(3-17-5)23-14-11(20)9(18)10(19)12(24-14)13(21)22/h1-3,9-12,14,17-20H,(H,21,22)/t9-,10-,11?,12?,14+/m0/s1. The summed E-state index contributed by atoms with van der Waals surface area (Å²) in [7, 11) is 0. The van der Waals surface area contributed by atoms with Crippen molar-refractivity contribution >= 4 is 44.4 Å². The Labute approximate surface area is 148 Å². The van der Waals surface area contributed by atoms with Crippen molar-refractivity contribution in [2.45, 2.75) is 30.7 Å². The minimum absolute atomic E-state index is 0.202. The molecule has 5 N–H and O–H groups in total. The first-order valence-corrected chi connectivity index (χ1v) is 8.02. The third-order valence-corrected chi connectivity index (χ3v) is 5.04. The monoisotopic (exact) mass is 421 g/mol. The summed E-state index contributed by atoms with van der Waals surface area (Å²) in [6.45, 7) is 0. The lowest BCUT2D eigenvalue weighted by Crippen LogP contribution is -2.61. The summed E-state index contributed by atoms with van der Waals surface area (Å²) in [5.41, 5.74) is 0.652. The molecule has 2 heterocycles. The Kier molecular flexibility index (Phi) is 4.73. The Hall–Kier alpha value is -1.36. The van der Waals surface area contributed by atoms with Crippen LogP contribution in [0.1, 0.15) is 0 Å². The zero-order valence-corrected chi connectivity index (χ0v) is 14.2. The van der Waals surface area contributed by atoms with Crippen LogP contribution in [0, 0.1) is 0 Å². The number of rotatable bonds is 3. The molecule has 8 nitrogen and oxygen atoms in total. The van der Waals surface area contributed by atoms with Crippen LogP contribution in [-0.4, -0.2) is 62.1 Å². The van der Waals surface area contributed by atoms with Gasteiger partial charge in [0.1, 0.15) is 24.1 Å². The topological polar surface area (TPSA) is 132 Å². The van der Waals surface area contributed by atoms with Crippen molar-refractivity contribution in [1.29, 1.82) is 0 Å². The molecule has 5 atom stereocenters. The lowest BCUT2D eigenvalue weighted by atomic mass is 9.99. The molecule has 1 aliphatic rings. The van der Waals surface area contributed by atoms with Gasteiger partial charge >= 0.3 is 5.97 Å². The minimum Gasteiger partial charge on any atom is -0.479 e. The van der Waals surface area contributed by atoms with E-state index in [1.165, 1.54) is 6.20 Å². The van der Waals surface area contributed by atoms with Crippen LogP contribution in [0.3, 0.4) is 0 Å². The molecule has 0 bridgehead atoms. The number of benzene rings is 1. The van der Waals surface area contributed by atoms with E-state index in [9.17, 15) is 20.1 Å². The van der Waals surface area contributed by atoms with Crippen LogP contribution < -0.4 is 4.74 Å². The van der Waals surface area contributed by atoms with Gasteiger partial charge < -0.3 is 34.9 Å². The van der Waals surface area contributed by atoms with E-state index in [0.29, 0.717) is 20.4 Å². The molecule has 24 heavy (non-hydrogen) atoms. The lowest BCUT2D eigenvalue weighted by molar-refractivity contribution is -0.270. The number of fused-ring (bicyclic) bond motifs is 1. The largest absolute Gasteiger partial charge is 0.479 e. The van der Waals surface area contributed by atoms with Crippen molar-refractivity contribution in [2.75, 3.05) is 0 Å². The SMILES string of the molecule is O=C(O)C1O[C@@H](Oc2c[nH]c3ccc(Br)c(Cl)c23)C(O)[C@@H](O)[C@@H]1O. The fourth-order valence-corrected chi connectivity index (χ4v) is 3.08. The average molecular weight is 423 g/mol. The molecule has 10 heteroatoms. The molecule has 3 rings (SSSR count). The van der Waals surface area contributed by atoms with E-state index in [-0.39, 0.29) is 5.75 Å². The van der Waals surface area contributed by atoms with Crippen LogP contribution in [0.4, 0.5) is 0 Å². The fourth-order valence-electron chi connectivity index (χ4n) is 2.49. The molecule has 1 aromatic carbocycles. The van der Waals surface area contributed by atoms with E-state index in [4.69, 9.17) is 26.2 Å². The van der Waals surface area contributed by atoms with Crippen molar-refractivity contribution < 1.29 is 34.7 Å². The number of halogens is 2. The van der Waals surface area contributed by atoms with Gasteiger partial charge in [0, 0.05) is 10.7 Å². The van der Waals surface area contributed by atoms with Gasteiger partial charge in [-0.25, -0.2) is 4.79 Å². The Morgan fingerprint density at radius 1 is 1.25 bits per heavy atom. The molecule has 130 valence electrons. The van der Waals surface area contributed by atoms with Crippen LogP contribution in [0.2, 0.25) is 5.02 Å². The molecule has 0 radical (unpaired) electrons. The molecular formula is C14H13BrClNO7. The molecule has 1 aromatic heterocycles. The van der Waals surface area contributed by atoms with E-state index >= 15 is 0 Å². The maximum atomic E-state index is 11.1. The number of carboxylic acid groups (broad SMARTS) is 1. The number of ether oxygens (including phenoxy) is 2. The molecule has 2 aromatic rings. The molecule has 0 saturated carbocycles. The summed E-state index contributed by atoms with van der Waals surface area (Å²) in [4.78, 5) is 14.0. The summed E-state index contributed by atoms with van der Waals surface area (Å²) >= 11 is 9.51. The number of hydrogen-bond acceptors (Lipinski definition) is 6. The molecule has 0 spiro atoms. The number of carbonyl (C=O) groups is 1. The number of hydrogen-bond donors (Lipinski definition) is 5. The molecule has 1 saturated heterocycles. The van der Waals surface area contributed by atoms with Gasteiger partial charge in [0.2, 0.25) is 6.29 Å². The number of carboxylic acids is 1. The zero-order valence-electron chi connectivity index (χ0n) is 11.9. The fraction of sp³-hybridized carbons (Fsp3) is 0.357. The van der Waals surface area contributed by atoms with Gasteiger partial charge in [0.05, 0.1) is 15.9 Å². The Morgan fingerprint density at radius 2 is 1.96 bits per heavy atom. The lowest BCUT2D eigenvalue weighted by Gasteiger charge is -2.38. The number of aliphatic hydroxyl groups excluding tert-OH is 3. The number of aromatic nitrogens is 1. The van der Waals surface area contributed by atoms with Gasteiger partial charge in [0.15, 0.2) is 6.10 Å². The summed E-state index contributed by atoms with van der Waals surface area (Å²) in [5.74, 6) is -1.28. The zero-order chi connectivity index (χ0) is 17.6. The van der Waals surface area contributed by atoms with E-state index in [2.05, 4.69) is 20.9 Å². The second-order valence-electron chi connectivity index (χ2n) is 5.29. The smallest absolute Gasteiger partial charge is 0.335 e. The first kappa shape index (κ1) is 17.5. The molecule has 0 amide bonds. The predicted octanol–water partition coefficient (Wildman–Crippen LogP) is 0.855. The minimum atomic E-state index is -1.78. The highest BCUT2D eigenvalue weighted by molar-refractivity contribution is 9.10. The Balaban J connectivity index is 1.93. The van der Waals surface area contributed by atoms with Crippen molar-refractivity contribution in [3.8, 4) is 5.75 Å². The van der Waals surface area contributed by atoms with Gasteiger partial charge in [0.25, 0.3) is 0 Å². The summed E-state index contributed by atoms with van der Waals surface area (Å²) in [5, 5.41) is 39.4. The number of aromatic amines is 1. The van der Waals surface area contributed by atoms with Crippen LogP contribution in [-0.2, 0) is 9.53 Å². The van der Waals surface area contributed by atoms with Crippen LogP contribution >= 0.6 is 27.5 Å². The second kappa shape index (κ2) is 6.51. The number of H-pyrrole nitrogens is 1. The van der Waals surface area contributed by atoms with E-state index in [1.807, 2.05) is 0 Å². The third kappa shape index (κ3) is 2.87.